The van der Waals surface area contributed by atoms with Crippen molar-refractivity contribution in [1.29, 1.82) is 0 Å². The Morgan fingerprint density at radius 1 is 1.24 bits per heavy atom. The van der Waals surface area contributed by atoms with Crippen molar-refractivity contribution in [2.45, 2.75) is 64.0 Å². The van der Waals surface area contributed by atoms with Gasteiger partial charge in [0.2, 0.25) is 0 Å². The lowest BCUT2D eigenvalue weighted by molar-refractivity contribution is -0.147. The molecule has 3 nitrogen and oxygen atoms in total. The zero-order chi connectivity index (χ0) is 12.3. The zero-order valence-electron chi connectivity index (χ0n) is 11.2. The summed E-state index contributed by atoms with van der Waals surface area (Å²) in [6, 6.07) is 0.674. The van der Waals surface area contributed by atoms with Crippen molar-refractivity contribution in [2.75, 3.05) is 13.7 Å². The van der Waals surface area contributed by atoms with Crippen LogP contribution in [0, 0.1) is 5.92 Å². The number of carbonyl (C=O) groups excluding carboxylic acids is 1. The van der Waals surface area contributed by atoms with E-state index < -0.39 is 0 Å². The number of esters is 1. The summed E-state index contributed by atoms with van der Waals surface area (Å²) in [4.78, 5) is 14.1. The van der Waals surface area contributed by atoms with Gasteiger partial charge in [-0.1, -0.05) is 13.3 Å². The molecule has 1 aliphatic carbocycles. The van der Waals surface area contributed by atoms with E-state index in [0.717, 1.165) is 25.3 Å². The van der Waals surface area contributed by atoms with E-state index in [-0.39, 0.29) is 12.0 Å². The van der Waals surface area contributed by atoms with Crippen molar-refractivity contribution >= 4 is 5.97 Å². The zero-order valence-corrected chi connectivity index (χ0v) is 11.2. The quantitative estimate of drug-likeness (QED) is 0.709. The monoisotopic (exact) mass is 239 g/mol. The summed E-state index contributed by atoms with van der Waals surface area (Å²) in [5.74, 6) is 0.894. The molecule has 0 radical (unpaired) electrons. The van der Waals surface area contributed by atoms with E-state index in [1.165, 1.54) is 39.2 Å². The Morgan fingerprint density at radius 2 is 1.94 bits per heavy atom. The van der Waals surface area contributed by atoms with Gasteiger partial charge in [0.25, 0.3) is 0 Å². The average Bonchev–Trinajstić information content (AvgIpc) is 2.87. The maximum absolute atomic E-state index is 11.7. The van der Waals surface area contributed by atoms with Crippen LogP contribution in [0.5, 0.6) is 0 Å². The third-order valence-electron chi connectivity index (χ3n) is 4.63. The molecule has 0 spiro atoms. The van der Waals surface area contributed by atoms with Crippen molar-refractivity contribution < 1.29 is 9.53 Å². The lowest BCUT2D eigenvalue weighted by Gasteiger charge is -2.36. The van der Waals surface area contributed by atoms with E-state index in [1.807, 2.05) is 0 Å². The van der Waals surface area contributed by atoms with Crippen LogP contribution >= 0.6 is 0 Å². The van der Waals surface area contributed by atoms with Gasteiger partial charge < -0.3 is 4.74 Å². The van der Waals surface area contributed by atoms with Crippen LogP contribution in [0.25, 0.3) is 0 Å². The molecule has 0 aromatic heterocycles. The Labute approximate surface area is 105 Å². The third kappa shape index (κ3) is 2.82. The number of hydrogen-bond acceptors (Lipinski definition) is 3. The van der Waals surface area contributed by atoms with Crippen LogP contribution in [0.2, 0.25) is 0 Å². The predicted octanol–water partition coefficient (Wildman–Crippen LogP) is 2.59. The van der Waals surface area contributed by atoms with Crippen LogP contribution in [0.1, 0.15) is 51.9 Å². The highest BCUT2D eigenvalue weighted by molar-refractivity contribution is 5.76. The predicted molar refractivity (Wildman–Crippen MR) is 67.8 cm³/mol. The fourth-order valence-electron chi connectivity index (χ4n) is 3.50. The minimum absolute atomic E-state index is 0.0277. The van der Waals surface area contributed by atoms with Gasteiger partial charge in [-0.05, 0) is 51.0 Å². The molecule has 98 valence electrons. The Bertz CT molecular complexity index is 259. The van der Waals surface area contributed by atoms with Crippen LogP contribution < -0.4 is 0 Å². The number of hydrogen-bond donors (Lipinski definition) is 0. The second kappa shape index (κ2) is 5.85. The standard InChI is InChI=1S/C14H25NO2/c1-3-11-6-8-12(9-7-11)15-10-4-5-13(15)14(16)17-2/h11-13H,3-10H2,1-2H3. The Hall–Kier alpha value is -0.570. The first-order valence-electron chi connectivity index (χ1n) is 7.09. The van der Waals surface area contributed by atoms with Gasteiger partial charge in [-0.25, -0.2) is 0 Å². The number of rotatable bonds is 3. The van der Waals surface area contributed by atoms with E-state index in [9.17, 15) is 4.79 Å². The molecule has 3 heteroatoms. The molecule has 17 heavy (non-hydrogen) atoms. The second-order valence-electron chi connectivity index (χ2n) is 5.50. The van der Waals surface area contributed by atoms with Gasteiger partial charge in [-0.3, -0.25) is 9.69 Å². The highest BCUT2D eigenvalue weighted by Crippen LogP contribution is 2.33. The van der Waals surface area contributed by atoms with Gasteiger partial charge in [-0.15, -0.1) is 0 Å². The molecule has 1 unspecified atom stereocenters. The largest absolute Gasteiger partial charge is 0.468 e. The molecule has 1 atom stereocenters. The maximum Gasteiger partial charge on any atom is 0.323 e. The molecule has 0 bridgehead atoms. The molecule has 1 saturated heterocycles. The molecule has 1 heterocycles. The fraction of sp³-hybridized carbons (Fsp3) is 0.929. The van der Waals surface area contributed by atoms with Crippen molar-refractivity contribution in [3.8, 4) is 0 Å². The minimum atomic E-state index is -0.0277. The van der Waals surface area contributed by atoms with Crippen molar-refractivity contribution in [2.24, 2.45) is 5.92 Å². The first kappa shape index (κ1) is 12.9. The van der Waals surface area contributed by atoms with Crippen LogP contribution in [-0.2, 0) is 9.53 Å². The highest BCUT2D eigenvalue weighted by Gasteiger charge is 2.37. The van der Waals surface area contributed by atoms with Crippen LogP contribution in [0.15, 0.2) is 0 Å². The van der Waals surface area contributed by atoms with Gasteiger partial charge in [-0.2, -0.15) is 0 Å². The molecule has 1 aliphatic heterocycles. The molecule has 2 fully saturated rings. The van der Waals surface area contributed by atoms with Gasteiger partial charge >= 0.3 is 5.97 Å². The van der Waals surface area contributed by atoms with Crippen molar-refractivity contribution in [1.82, 2.24) is 4.90 Å². The van der Waals surface area contributed by atoms with Gasteiger partial charge in [0.1, 0.15) is 6.04 Å². The molecule has 0 aromatic carbocycles. The van der Waals surface area contributed by atoms with Crippen molar-refractivity contribution in [3.63, 3.8) is 0 Å². The molecular formula is C14H25NO2. The SMILES string of the molecule is CCC1CCC(N2CCCC2C(=O)OC)CC1. The molecule has 0 amide bonds. The number of likely N-dealkylation sites (tertiary alicyclic amines) is 1. The minimum Gasteiger partial charge on any atom is -0.468 e. The Balaban J connectivity index is 1.91. The molecule has 1 saturated carbocycles. The fourth-order valence-corrected chi connectivity index (χ4v) is 3.50. The van der Waals surface area contributed by atoms with E-state index in [4.69, 9.17) is 4.74 Å². The molecule has 2 rings (SSSR count). The number of carbonyl (C=O) groups is 1. The van der Waals surface area contributed by atoms with E-state index >= 15 is 0 Å². The van der Waals surface area contributed by atoms with E-state index in [2.05, 4.69) is 11.8 Å². The van der Waals surface area contributed by atoms with Crippen LogP contribution in [0.3, 0.4) is 0 Å². The summed E-state index contributed by atoms with van der Waals surface area (Å²) < 4.78 is 4.92. The number of methoxy groups -OCH3 is 1. The first-order valence-corrected chi connectivity index (χ1v) is 7.09. The molecule has 2 aliphatic rings. The van der Waals surface area contributed by atoms with Gasteiger partial charge in [0.15, 0.2) is 0 Å². The highest BCUT2D eigenvalue weighted by atomic mass is 16.5. The maximum atomic E-state index is 11.7. The molecule has 0 aromatic rings. The molecular weight excluding hydrogens is 214 g/mol. The number of ether oxygens (including phenoxy) is 1. The lowest BCUT2D eigenvalue weighted by atomic mass is 9.84. The lowest BCUT2D eigenvalue weighted by Crippen LogP contribution is -2.45. The average molecular weight is 239 g/mol. The first-order chi connectivity index (χ1) is 8.26. The van der Waals surface area contributed by atoms with Gasteiger partial charge in [0.05, 0.1) is 7.11 Å². The summed E-state index contributed by atoms with van der Waals surface area (Å²) in [6.07, 6.45) is 8.66. The summed E-state index contributed by atoms with van der Waals surface area (Å²) in [6.45, 7) is 3.37. The van der Waals surface area contributed by atoms with E-state index in [1.54, 1.807) is 0 Å². The Kier molecular flexibility index (Phi) is 4.43. The van der Waals surface area contributed by atoms with Crippen LogP contribution in [0.4, 0.5) is 0 Å². The summed E-state index contributed by atoms with van der Waals surface area (Å²) in [5.41, 5.74) is 0. The third-order valence-corrected chi connectivity index (χ3v) is 4.63. The molecule has 0 N–H and O–H groups in total. The summed E-state index contributed by atoms with van der Waals surface area (Å²) in [7, 11) is 1.51. The Morgan fingerprint density at radius 3 is 2.53 bits per heavy atom. The summed E-state index contributed by atoms with van der Waals surface area (Å²) in [5, 5.41) is 0. The normalized spacial score (nSPS) is 34.8. The van der Waals surface area contributed by atoms with E-state index in [0.29, 0.717) is 6.04 Å². The van der Waals surface area contributed by atoms with Crippen LogP contribution in [-0.4, -0.2) is 36.6 Å². The topological polar surface area (TPSA) is 29.5 Å². The smallest absolute Gasteiger partial charge is 0.323 e. The number of nitrogens with zero attached hydrogens (tertiary/aromatic N) is 1. The summed E-state index contributed by atoms with van der Waals surface area (Å²) >= 11 is 0. The van der Waals surface area contributed by atoms with Gasteiger partial charge in [0, 0.05) is 6.04 Å². The second-order valence-corrected chi connectivity index (χ2v) is 5.50. The van der Waals surface area contributed by atoms with Crippen molar-refractivity contribution in [3.05, 3.63) is 0 Å².